The first-order valence-corrected chi connectivity index (χ1v) is 8.35. The molecule has 0 aliphatic carbocycles. The molecule has 1 aromatic heterocycles. The lowest BCUT2D eigenvalue weighted by Crippen LogP contribution is -2.47. The van der Waals surface area contributed by atoms with Gasteiger partial charge in [0.05, 0.1) is 12.2 Å². The lowest BCUT2D eigenvalue weighted by atomic mass is 9.93. The second kappa shape index (κ2) is 6.36. The predicted molar refractivity (Wildman–Crippen MR) is 84.6 cm³/mol. The Kier molecular flexibility index (Phi) is 4.94. The van der Waals surface area contributed by atoms with Gasteiger partial charge in [-0.2, -0.15) is 11.3 Å². The van der Waals surface area contributed by atoms with E-state index in [9.17, 15) is 4.79 Å². The Morgan fingerprint density at radius 2 is 2.05 bits per heavy atom. The number of hydrogen-bond donors (Lipinski definition) is 0. The van der Waals surface area contributed by atoms with Gasteiger partial charge < -0.3 is 14.4 Å². The Labute approximate surface area is 131 Å². The standard InChI is InChI=1S/C16H25NO3S/c1-15(2,3)20-14(18)17-8-6-16(4,7-9-17)19-11-13-5-10-21-12-13/h5,10,12H,6-9,11H2,1-4H3. The number of carbonyl (C=O) groups is 1. The summed E-state index contributed by atoms with van der Waals surface area (Å²) < 4.78 is 11.5. The Hall–Kier alpha value is -1.07. The van der Waals surface area contributed by atoms with Gasteiger partial charge in [-0.05, 0) is 62.9 Å². The van der Waals surface area contributed by atoms with E-state index >= 15 is 0 Å². The lowest BCUT2D eigenvalue weighted by Gasteiger charge is -2.39. The van der Waals surface area contributed by atoms with Crippen LogP contribution < -0.4 is 0 Å². The van der Waals surface area contributed by atoms with Crippen LogP contribution in [0.2, 0.25) is 0 Å². The van der Waals surface area contributed by atoms with E-state index in [2.05, 4.69) is 23.8 Å². The smallest absolute Gasteiger partial charge is 0.410 e. The Bertz CT molecular complexity index is 456. The lowest BCUT2D eigenvalue weighted by molar-refractivity contribution is -0.0811. The fourth-order valence-electron chi connectivity index (χ4n) is 2.27. The second-order valence-electron chi connectivity index (χ2n) is 6.84. The molecule has 21 heavy (non-hydrogen) atoms. The molecule has 1 fully saturated rings. The van der Waals surface area contributed by atoms with Crippen molar-refractivity contribution in [3.8, 4) is 0 Å². The molecule has 0 saturated carbocycles. The van der Waals surface area contributed by atoms with Gasteiger partial charge in [-0.3, -0.25) is 0 Å². The maximum Gasteiger partial charge on any atom is 0.410 e. The minimum atomic E-state index is -0.437. The molecular weight excluding hydrogens is 286 g/mol. The van der Waals surface area contributed by atoms with Gasteiger partial charge in [-0.25, -0.2) is 4.79 Å². The molecule has 0 atom stereocenters. The van der Waals surface area contributed by atoms with Crippen LogP contribution in [0.25, 0.3) is 0 Å². The van der Waals surface area contributed by atoms with Crippen molar-refractivity contribution in [3.63, 3.8) is 0 Å². The van der Waals surface area contributed by atoms with E-state index in [-0.39, 0.29) is 11.7 Å². The summed E-state index contributed by atoms with van der Waals surface area (Å²) in [6.45, 7) is 9.83. The van der Waals surface area contributed by atoms with Gasteiger partial charge in [0.25, 0.3) is 0 Å². The van der Waals surface area contributed by atoms with Crippen LogP contribution in [0.4, 0.5) is 4.79 Å². The molecule has 0 unspecified atom stereocenters. The highest BCUT2D eigenvalue weighted by atomic mass is 32.1. The molecule has 0 radical (unpaired) electrons. The Morgan fingerprint density at radius 3 is 2.57 bits per heavy atom. The summed E-state index contributed by atoms with van der Waals surface area (Å²) in [5.74, 6) is 0. The zero-order valence-electron chi connectivity index (χ0n) is 13.3. The van der Waals surface area contributed by atoms with E-state index in [1.54, 1.807) is 16.2 Å². The van der Waals surface area contributed by atoms with Crippen LogP contribution in [0.5, 0.6) is 0 Å². The van der Waals surface area contributed by atoms with Crippen molar-refractivity contribution < 1.29 is 14.3 Å². The highest BCUT2D eigenvalue weighted by Crippen LogP contribution is 2.28. The fourth-order valence-corrected chi connectivity index (χ4v) is 2.92. The SMILES string of the molecule is CC(C)(C)OC(=O)N1CCC(C)(OCc2ccsc2)CC1. The number of hydrogen-bond acceptors (Lipinski definition) is 4. The van der Waals surface area contributed by atoms with Gasteiger partial charge in [-0.15, -0.1) is 0 Å². The molecule has 5 heteroatoms. The first kappa shape index (κ1) is 16.3. The van der Waals surface area contributed by atoms with E-state index in [1.807, 2.05) is 20.8 Å². The molecule has 0 aromatic carbocycles. The number of thiophene rings is 1. The van der Waals surface area contributed by atoms with Crippen LogP contribution in [0.15, 0.2) is 16.8 Å². The number of ether oxygens (including phenoxy) is 2. The van der Waals surface area contributed by atoms with Crippen molar-refractivity contribution in [1.82, 2.24) is 4.90 Å². The molecule has 1 aromatic rings. The summed E-state index contributed by atoms with van der Waals surface area (Å²) in [6.07, 6.45) is 1.47. The molecule has 0 bridgehead atoms. The third-order valence-corrected chi connectivity index (χ3v) is 4.37. The first-order chi connectivity index (χ1) is 9.77. The third-order valence-electron chi connectivity index (χ3n) is 3.64. The summed E-state index contributed by atoms with van der Waals surface area (Å²) in [6, 6.07) is 2.09. The minimum absolute atomic E-state index is 0.152. The monoisotopic (exact) mass is 311 g/mol. The molecular formula is C16H25NO3S. The Morgan fingerprint density at radius 1 is 1.38 bits per heavy atom. The average Bonchev–Trinajstić information content (AvgIpc) is 2.88. The average molecular weight is 311 g/mol. The zero-order valence-corrected chi connectivity index (χ0v) is 14.2. The van der Waals surface area contributed by atoms with Crippen molar-refractivity contribution in [3.05, 3.63) is 22.4 Å². The van der Waals surface area contributed by atoms with E-state index in [0.717, 1.165) is 12.8 Å². The van der Waals surface area contributed by atoms with Crippen molar-refractivity contribution in [2.24, 2.45) is 0 Å². The van der Waals surface area contributed by atoms with Crippen LogP contribution in [-0.4, -0.2) is 35.3 Å². The van der Waals surface area contributed by atoms with Gasteiger partial charge in [0.2, 0.25) is 0 Å². The summed E-state index contributed by atoms with van der Waals surface area (Å²) >= 11 is 1.69. The molecule has 1 aliphatic heterocycles. The first-order valence-electron chi connectivity index (χ1n) is 7.40. The minimum Gasteiger partial charge on any atom is -0.444 e. The molecule has 2 rings (SSSR count). The molecule has 0 N–H and O–H groups in total. The summed E-state index contributed by atoms with van der Waals surface area (Å²) in [4.78, 5) is 13.8. The highest BCUT2D eigenvalue weighted by molar-refractivity contribution is 7.07. The number of carbonyl (C=O) groups excluding carboxylic acids is 1. The van der Waals surface area contributed by atoms with E-state index < -0.39 is 5.60 Å². The topological polar surface area (TPSA) is 38.8 Å². The van der Waals surface area contributed by atoms with Gasteiger partial charge in [-0.1, -0.05) is 0 Å². The number of rotatable bonds is 3. The molecule has 2 heterocycles. The van der Waals surface area contributed by atoms with Crippen LogP contribution in [0.1, 0.15) is 46.1 Å². The number of amides is 1. The quantitative estimate of drug-likeness (QED) is 0.845. The van der Waals surface area contributed by atoms with Crippen molar-refractivity contribution in [1.29, 1.82) is 0 Å². The van der Waals surface area contributed by atoms with Crippen molar-refractivity contribution in [2.45, 2.75) is 58.3 Å². The molecule has 4 nitrogen and oxygen atoms in total. The van der Waals surface area contributed by atoms with E-state index in [0.29, 0.717) is 19.7 Å². The maximum atomic E-state index is 12.0. The predicted octanol–water partition coefficient (Wildman–Crippen LogP) is 4.05. The fraction of sp³-hybridized carbons (Fsp3) is 0.688. The van der Waals surface area contributed by atoms with E-state index in [1.165, 1.54) is 5.56 Å². The Balaban J connectivity index is 1.80. The highest BCUT2D eigenvalue weighted by Gasteiger charge is 2.34. The van der Waals surface area contributed by atoms with Crippen molar-refractivity contribution >= 4 is 17.4 Å². The summed E-state index contributed by atoms with van der Waals surface area (Å²) in [5.41, 5.74) is 0.629. The zero-order chi connectivity index (χ0) is 15.5. The van der Waals surface area contributed by atoms with Crippen LogP contribution >= 0.6 is 11.3 Å². The summed E-state index contributed by atoms with van der Waals surface area (Å²) in [5, 5.41) is 4.17. The molecule has 1 saturated heterocycles. The van der Waals surface area contributed by atoms with Crippen LogP contribution in [-0.2, 0) is 16.1 Å². The molecule has 1 aliphatic rings. The number of likely N-dealkylation sites (tertiary alicyclic amines) is 1. The van der Waals surface area contributed by atoms with Crippen LogP contribution in [0.3, 0.4) is 0 Å². The third kappa shape index (κ3) is 5.00. The van der Waals surface area contributed by atoms with Gasteiger partial charge in [0.15, 0.2) is 0 Å². The molecule has 0 spiro atoms. The largest absolute Gasteiger partial charge is 0.444 e. The number of piperidine rings is 1. The summed E-state index contributed by atoms with van der Waals surface area (Å²) in [7, 11) is 0. The normalized spacial score (nSPS) is 18.6. The molecule has 118 valence electrons. The van der Waals surface area contributed by atoms with Gasteiger partial charge >= 0.3 is 6.09 Å². The molecule has 1 amide bonds. The van der Waals surface area contributed by atoms with E-state index in [4.69, 9.17) is 9.47 Å². The number of nitrogens with zero attached hydrogens (tertiary/aromatic N) is 1. The second-order valence-corrected chi connectivity index (χ2v) is 7.62. The van der Waals surface area contributed by atoms with Gasteiger partial charge in [0, 0.05) is 13.1 Å². The van der Waals surface area contributed by atoms with Crippen LogP contribution in [0, 0.1) is 0 Å². The van der Waals surface area contributed by atoms with Gasteiger partial charge in [0.1, 0.15) is 5.60 Å². The van der Waals surface area contributed by atoms with Crippen molar-refractivity contribution in [2.75, 3.05) is 13.1 Å². The maximum absolute atomic E-state index is 12.0.